The summed E-state index contributed by atoms with van der Waals surface area (Å²) < 4.78 is 36.7. The maximum Gasteiger partial charge on any atom is 0.330 e. The summed E-state index contributed by atoms with van der Waals surface area (Å²) >= 11 is 0. The van der Waals surface area contributed by atoms with Gasteiger partial charge in [-0.2, -0.15) is 0 Å². The molecule has 0 aliphatic carbocycles. The van der Waals surface area contributed by atoms with Crippen molar-refractivity contribution in [1.29, 1.82) is 0 Å². The number of esters is 2. The number of carbonyl (C=O) groups is 2. The molecule has 0 amide bonds. The van der Waals surface area contributed by atoms with E-state index in [9.17, 15) is 9.59 Å². The molecule has 1 atom stereocenters. The van der Waals surface area contributed by atoms with E-state index in [0.717, 1.165) is 50.2 Å². The summed E-state index contributed by atoms with van der Waals surface area (Å²) in [4.78, 5) is 33.0. The van der Waals surface area contributed by atoms with Crippen molar-refractivity contribution in [2.45, 2.75) is 103 Å². The zero-order valence-electron chi connectivity index (χ0n) is 27.6. The average molecular weight is 667 g/mol. The molecule has 42 heavy (non-hydrogen) atoms. The summed E-state index contributed by atoms with van der Waals surface area (Å²) in [6.45, 7) is 26.7. The average Bonchev–Trinajstić information content (AvgIpc) is 2.88. The van der Waals surface area contributed by atoms with Gasteiger partial charge in [-0.3, -0.25) is 0 Å². The fourth-order valence-corrected chi connectivity index (χ4v) is 24.1. The van der Waals surface area contributed by atoms with Gasteiger partial charge < -0.3 is 26.6 Å². The fourth-order valence-electron chi connectivity index (χ4n) is 4.49. The molecule has 246 valence electrons. The molecule has 0 saturated heterocycles. The Hall–Kier alpha value is -0.952. The molecule has 0 spiro atoms. The highest BCUT2D eigenvalue weighted by molar-refractivity contribution is 6.89. The summed E-state index contributed by atoms with van der Waals surface area (Å²) in [6, 6.07) is 2.45. The molecule has 0 aliphatic rings. The second-order valence-electron chi connectivity index (χ2n) is 12.0. The molecule has 0 saturated carbocycles. The molecule has 0 aromatic rings. The largest absolute Gasteiger partial charge is 0.463 e. The monoisotopic (exact) mass is 666 g/mol. The third-order valence-electron chi connectivity index (χ3n) is 6.04. The normalized spacial score (nSPS) is 13.8. The molecule has 0 heterocycles. The first kappa shape index (κ1) is 41.0. The number of hydrogen-bond acceptors (Lipinski definition) is 10. The zero-order chi connectivity index (χ0) is 32.1. The van der Waals surface area contributed by atoms with Crippen molar-refractivity contribution in [2.24, 2.45) is 0 Å². The van der Waals surface area contributed by atoms with Crippen LogP contribution in [0.15, 0.2) is 25.3 Å². The van der Waals surface area contributed by atoms with E-state index in [2.05, 4.69) is 65.9 Å². The topological polar surface area (TPSA) is 108 Å². The van der Waals surface area contributed by atoms with Gasteiger partial charge in [0.15, 0.2) is 16.6 Å². The predicted molar refractivity (Wildman–Crippen MR) is 176 cm³/mol. The first-order valence-corrected chi connectivity index (χ1v) is 26.7. The van der Waals surface area contributed by atoms with Crippen molar-refractivity contribution < 1.29 is 45.9 Å². The van der Waals surface area contributed by atoms with Crippen LogP contribution in [0.3, 0.4) is 0 Å². The van der Waals surface area contributed by atoms with Gasteiger partial charge in [-0.25, -0.2) is 19.4 Å². The van der Waals surface area contributed by atoms with E-state index in [1.54, 1.807) is 0 Å². The summed E-state index contributed by atoms with van der Waals surface area (Å²) in [5.74, 6) is -0.818. The molecular formula is C28H58O10Si4. The molecule has 1 unspecified atom stereocenters. The number of unbranched alkanes of at least 4 members (excludes halogenated alkanes) is 1. The Morgan fingerprint density at radius 1 is 0.595 bits per heavy atom. The minimum absolute atomic E-state index is 0.340. The quantitative estimate of drug-likeness (QED) is 0.0237. The Kier molecular flexibility index (Phi) is 21.2. The van der Waals surface area contributed by atoms with Crippen LogP contribution in [0.2, 0.25) is 64.0 Å². The van der Waals surface area contributed by atoms with E-state index in [1.165, 1.54) is 12.2 Å². The van der Waals surface area contributed by atoms with Gasteiger partial charge in [0.05, 0.1) is 26.4 Å². The number of rotatable bonds is 27. The van der Waals surface area contributed by atoms with Crippen LogP contribution in [0, 0.1) is 0 Å². The fraction of sp³-hybridized carbons (Fsp3) is 0.786. The minimum Gasteiger partial charge on any atom is -0.463 e. The molecular weight excluding hydrogens is 609 g/mol. The lowest BCUT2D eigenvalue weighted by molar-refractivity contribution is -0.299. The van der Waals surface area contributed by atoms with Gasteiger partial charge in [0.25, 0.3) is 0 Å². The van der Waals surface area contributed by atoms with Crippen molar-refractivity contribution in [2.75, 3.05) is 39.6 Å². The molecule has 0 N–H and O–H groups in total. The van der Waals surface area contributed by atoms with Crippen LogP contribution in [-0.2, 0) is 45.9 Å². The van der Waals surface area contributed by atoms with E-state index in [4.69, 9.17) is 36.3 Å². The Morgan fingerprint density at radius 3 is 1.62 bits per heavy atom. The van der Waals surface area contributed by atoms with Crippen molar-refractivity contribution in [3.63, 3.8) is 0 Å². The van der Waals surface area contributed by atoms with Gasteiger partial charge >= 0.3 is 29.1 Å². The van der Waals surface area contributed by atoms with Gasteiger partial charge in [-0.1, -0.05) is 26.5 Å². The van der Waals surface area contributed by atoms with Crippen molar-refractivity contribution >= 4 is 45.7 Å². The highest BCUT2D eigenvalue weighted by atomic mass is 28.5. The number of carbonyl (C=O) groups excluding carboxylic acids is 2. The standard InChI is InChI=1S/C28H58O10Si4/c1-11-14-21-34-35-23-22-31-18-15-26-42(10,37-40(6,7)25-17-20-33-28(30)13-3)38-41(8,9)36-39(4,5)24-16-19-32-27(29)12-2/h12-13H,2-3,11,14-26H2,1,4-10H3. The summed E-state index contributed by atoms with van der Waals surface area (Å²) in [7, 11) is -9.50. The maximum absolute atomic E-state index is 11.4. The molecule has 10 nitrogen and oxygen atoms in total. The molecule has 14 heteroatoms. The summed E-state index contributed by atoms with van der Waals surface area (Å²) in [5, 5.41) is 0. The Morgan fingerprint density at radius 2 is 1.10 bits per heavy atom. The van der Waals surface area contributed by atoms with Gasteiger partial charge in [0, 0.05) is 18.8 Å². The highest BCUT2D eigenvalue weighted by Crippen LogP contribution is 2.30. The first-order chi connectivity index (χ1) is 19.6. The maximum atomic E-state index is 11.4. The van der Waals surface area contributed by atoms with E-state index in [0.29, 0.717) is 39.6 Å². The Labute approximate surface area is 259 Å². The lowest BCUT2D eigenvalue weighted by atomic mass is 10.4. The van der Waals surface area contributed by atoms with E-state index in [-0.39, 0.29) is 0 Å². The Bertz CT molecular complexity index is 795. The molecule has 0 aromatic heterocycles. The SMILES string of the molecule is C=CC(=O)OCCC[Si](C)(C)O[Si](C)(C)O[Si](C)(CCCOCCOOCCCC)O[Si](C)(C)CCCOC(=O)C=C. The van der Waals surface area contributed by atoms with Crippen LogP contribution in [-0.4, -0.2) is 85.3 Å². The van der Waals surface area contributed by atoms with Crippen LogP contribution >= 0.6 is 0 Å². The van der Waals surface area contributed by atoms with Crippen LogP contribution in [0.5, 0.6) is 0 Å². The van der Waals surface area contributed by atoms with Crippen molar-refractivity contribution in [1.82, 2.24) is 0 Å². The van der Waals surface area contributed by atoms with Crippen LogP contribution in [0.25, 0.3) is 0 Å². The van der Waals surface area contributed by atoms with E-state index < -0.39 is 45.7 Å². The molecule has 0 fully saturated rings. The van der Waals surface area contributed by atoms with Gasteiger partial charge in [0.2, 0.25) is 0 Å². The summed E-state index contributed by atoms with van der Waals surface area (Å²) in [6.07, 6.45) is 6.63. The molecule has 0 rings (SSSR count). The molecule has 0 aliphatic heterocycles. The second kappa shape index (κ2) is 21.7. The predicted octanol–water partition coefficient (Wildman–Crippen LogP) is 6.61. The lowest BCUT2D eigenvalue weighted by Gasteiger charge is -2.42. The van der Waals surface area contributed by atoms with Crippen molar-refractivity contribution in [3.05, 3.63) is 25.3 Å². The van der Waals surface area contributed by atoms with Crippen LogP contribution in [0.1, 0.15) is 39.0 Å². The van der Waals surface area contributed by atoms with Crippen LogP contribution in [0.4, 0.5) is 0 Å². The third kappa shape index (κ3) is 22.6. The zero-order valence-corrected chi connectivity index (χ0v) is 31.6. The Balaban J connectivity index is 5.15. The molecule has 0 radical (unpaired) electrons. The van der Waals surface area contributed by atoms with Gasteiger partial charge in [-0.05, 0) is 89.6 Å². The van der Waals surface area contributed by atoms with Gasteiger partial charge in [0.1, 0.15) is 6.61 Å². The van der Waals surface area contributed by atoms with E-state index >= 15 is 0 Å². The smallest absolute Gasteiger partial charge is 0.330 e. The summed E-state index contributed by atoms with van der Waals surface area (Å²) in [5.41, 5.74) is 0. The molecule has 0 aromatic carbocycles. The highest BCUT2D eigenvalue weighted by Gasteiger charge is 2.45. The van der Waals surface area contributed by atoms with Crippen molar-refractivity contribution in [3.8, 4) is 0 Å². The van der Waals surface area contributed by atoms with Crippen LogP contribution < -0.4 is 0 Å². The molecule has 0 bridgehead atoms. The number of hydrogen-bond donors (Lipinski definition) is 0. The van der Waals surface area contributed by atoms with E-state index in [1.807, 2.05) is 0 Å². The second-order valence-corrected chi connectivity index (χ2v) is 28.1. The minimum atomic E-state index is -2.68. The first-order valence-electron chi connectivity index (χ1n) is 15.1. The lowest BCUT2D eigenvalue weighted by Crippen LogP contribution is -2.57. The number of ether oxygens (including phenoxy) is 3. The van der Waals surface area contributed by atoms with Gasteiger partial charge in [-0.15, -0.1) is 0 Å². The third-order valence-corrected chi connectivity index (χ3v) is 22.2.